The number of benzene rings is 1. The van der Waals surface area contributed by atoms with E-state index in [1.807, 2.05) is 36.0 Å². The largest absolute Gasteiger partial charge is 0.350 e. The summed E-state index contributed by atoms with van der Waals surface area (Å²) in [4.78, 5) is 12.0. The van der Waals surface area contributed by atoms with Crippen LogP contribution >= 0.6 is 0 Å². The Balaban J connectivity index is 2.98. The van der Waals surface area contributed by atoms with Gasteiger partial charge in [0.05, 0.1) is 5.52 Å². The lowest BCUT2D eigenvalue weighted by Crippen LogP contribution is -2.17. The molecule has 2 aromatic rings. The van der Waals surface area contributed by atoms with Crippen molar-refractivity contribution in [3.8, 4) is 0 Å². The molecule has 0 fully saturated rings. The second kappa shape index (κ2) is 3.48. The van der Waals surface area contributed by atoms with Gasteiger partial charge in [-0.2, -0.15) is 0 Å². The minimum atomic E-state index is -0.00692. The first kappa shape index (κ1) is 10.9. The van der Waals surface area contributed by atoms with Crippen LogP contribution < -0.4 is 5.43 Å². The highest BCUT2D eigenvalue weighted by atomic mass is 16.1. The van der Waals surface area contributed by atoms with Crippen LogP contribution in [0.1, 0.15) is 26.3 Å². The van der Waals surface area contributed by atoms with Gasteiger partial charge < -0.3 is 4.57 Å². The van der Waals surface area contributed by atoms with E-state index in [1.54, 1.807) is 6.07 Å². The van der Waals surface area contributed by atoms with Gasteiger partial charge in [-0.1, -0.05) is 32.9 Å². The van der Waals surface area contributed by atoms with Crippen molar-refractivity contribution in [1.29, 1.82) is 0 Å². The zero-order valence-corrected chi connectivity index (χ0v) is 10.2. The molecular formula is C14H17NO. The highest BCUT2D eigenvalue weighted by molar-refractivity contribution is 5.83. The number of pyridine rings is 1. The summed E-state index contributed by atoms with van der Waals surface area (Å²) < 4.78 is 1.99. The number of rotatable bonds is 0. The first-order valence-electron chi connectivity index (χ1n) is 5.50. The topological polar surface area (TPSA) is 22.0 Å². The van der Waals surface area contributed by atoms with Crippen molar-refractivity contribution < 1.29 is 0 Å². The van der Waals surface area contributed by atoms with Crippen molar-refractivity contribution in [3.05, 3.63) is 46.2 Å². The van der Waals surface area contributed by atoms with E-state index in [1.165, 1.54) is 0 Å². The fourth-order valence-electron chi connectivity index (χ4n) is 2.06. The van der Waals surface area contributed by atoms with Gasteiger partial charge in [0, 0.05) is 24.7 Å². The third kappa shape index (κ3) is 1.64. The first-order valence-corrected chi connectivity index (χ1v) is 5.50. The highest BCUT2D eigenvalue weighted by Crippen LogP contribution is 2.27. The normalized spacial score (nSPS) is 12.0. The van der Waals surface area contributed by atoms with E-state index < -0.39 is 0 Å². The van der Waals surface area contributed by atoms with Crippen LogP contribution in [0.4, 0.5) is 0 Å². The van der Waals surface area contributed by atoms with Crippen molar-refractivity contribution in [2.45, 2.75) is 26.2 Å². The van der Waals surface area contributed by atoms with Crippen LogP contribution in [0, 0.1) is 0 Å². The van der Waals surface area contributed by atoms with E-state index in [0.29, 0.717) is 0 Å². The molecule has 0 aliphatic rings. The van der Waals surface area contributed by atoms with Crippen LogP contribution in [0.5, 0.6) is 0 Å². The SMILES string of the molecule is Cn1ccc(=O)c2c(C(C)(C)C)cccc21. The highest BCUT2D eigenvalue weighted by Gasteiger charge is 2.18. The molecule has 2 rings (SSSR count). The monoisotopic (exact) mass is 215 g/mol. The zero-order valence-electron chi connectivity index (χ0n) is 10.2. The number of fused-ring (bicyclic) bond motifs is 1. The maximum Gasteiger partial charge on any atom is 0.189 e. The second-order valence-corrected chi connectivity index (χ2v) is 5.24. The summed E-state index contributed by atoms with van der Waals surface area (Å²) in [6.45, 7) is 6.40. The Kier molecular flexibility index (Phi) is 2.38. The van der Waals surface area contributed by atoms with E-state index >= 15 is 0 Å². The van der Waals surface area contributed by atoms with Gasteiger partial charge in [-0.15, -0.1) is 0 Å². The molecule has 0 aliphatic carbocycles. The van der Waals surface area contributed by atoms with E-state index in [2.05, 4.69) is 20.8 Å². The van der Waals surface area contributed by atoms with Crippen LogP contribution in [0.15, 0.2) is 35.3 Å². The van der Waals surface area contributed by atoms with Crippen molar-refractivity contribution in [3.63, 3.8) is 0 Å². The van der Waals surface area contributed by atoms with Crippen LogP contribution in [-0.2, 0) is 12.5 Å². The molecule has 0 spiro atoms. The molecular weight excluding hydrogens is 198 g/mol. The lowest BCUT2D eigenvalue weighted by Gasteiger charge is -2.21. The predicted octanol–water partition coefficient (Wildman–Crippen LogP) is 2.84. The Morgan fingerprint density at radius 3 is 2.44 bits per heavy atom. The maximum absolute atomic E-state index is 12.0. The summed E-state index contributed by atoms with van der Waals surface area (Å²) in [5.41, 5.74) is 2.22. The Labute approximate surface area is 95.5 Å². The van der Waals surface area contributed by atoms with Gasteiger partial charge in [-0.05, 0) is 17.0 Å². The lowest BCUT2D eigenvalue weighted by molar-refractivity contribution is 0.595. The third-order valence-electron chi connectivity index (χ3n) is 2.93. The molecule has 0 saturated carbocycles. The van der Waals surface area contributed by atoms with Gasteiger partial charge in [0.1, 0.15) is 0 Å². The van der Waals surface area contributed by atoms with Crippen LogP contribution in [0.2, 0.25) is 0 Å². The van der Waals surface area contributed by atoms with E-state index in [-0.39, 0.29) is 10.8 Å². The summed E-state index contributed by atoms with van der Waals surface area (Å²) >= 11 is 0. The quantitative estimate of drug-likeness (QED) is 0.662. The molecule has 1 heterocycles. The molecule has 0 unspecified atom stereocenters. The Hall–Kier alpha value is -1.57. The molecule has 1 aromatic carbocycles. The van der Waals surface area contributed by atoms with E-state index in [0.717, 1.165) is 16.5 Å². The van der Waals surface area contributed by atoms with Crippen molar-refractivity contribution in [2.75, 3.05) is 0 Å². The van der Waals surface area contributed by atoms with Crippen molar-refractivity contribution in [2.24, 2.45) is 7.05 Å². The molecule has 0 amide bonds. The summed E-state index contributed by atoms with van der Waals surface area (Å²) in [6, 6.07) is 7.69. The minimum absolute atomic E-state index is 0.00692. The molecule has 84 valence electrons. The Morgan fingerprint density at radius 1 is 1.12 bits per heavy atom. The van der Waals surface area contributed by atoms with E-state index in [4.69, 9.17) is 0 Å². The molecule has 0 atom stereocenters. The lowest BCUT2D eigenvalue weighted by atomic mass is 9.84. The van der Waals surface area contributed by atoms with Crippen LogP contribution in [0.3, 0.4) is 0 Å². The van der Waals surface area contributed by atoms with Gasteiger partial charge in [-0.25, -0.2) is 0 Å². The molecule has 2 heteroatoms. The first-order chi connectivity index (χ1) is 7.41. The smallest absolute Gasteiger partial charge is 0.189 e. The molecule has 16 heavy (non-hydrogen) atoms. The Morgan fingerprint density at radius 2 is 1.81 bits per heavy atom. The average molecular weight is 215 g/mol. The van der Waals surface area contributed by atoms with Crippen molar-refractivity contribution >= 4 is 10.9 Å². The average Bonchev–Trinajstić information content (AvgIpc) is 2.22. The number of nitrogens with zero attached hydrogens (tertiary/aromatic N) is 1. The van der Waals surface area contributed by atoms with Gasteiger partial charge in [-0.3, -0.25) is 4.79 Å². The summed E-state index contributed by atoms with van der Waals surface area (Å²) in [7, 11) is 1.97. The standard InChI is InChI=1S/C14H17NO/c1-14(2,3)10-6-5-7-11-13(10)12(16)8-9-15(11)4/h5-9H,1-4H3. The maximum atomic E-state index is 12.0. The molecule has 0 radical (unpaired) electrons. The zero-order chi connectivity index (χ0) is 11.9. The number of aryl methyl sites for hydroxylation is 1. The second-order valence-electron chi connectivity index (χ2n) is 5.24. The number of hydrogen-bond donors (Lipinski definition) is 0. The van der Waals surface area contributed by atoms with Gasteiger partial charge in [0.15, 0.2) is 5.43 Å². The molecule has 0 saturated heterocycles. The van der Waals surface area contributed by atoms with Crippen molar-refractivity contribution in [1.82, 2.24) is 4.57 Å². The fourth-order valence-corrected chi connectivity index (χ4v) is 2.06. The number of hydrogen-bond acceptors (Lipinski definition) is 1. The van der Waals surface area contributed by atoms with E-state index in [9.17, 15) is 4.79 Å². The minimum Gasteiger partial charge on any atom is -0.350 e. The third-order valence-corrected chi connectivity index (χ3v) is 2.93. The summed E-state index contributed by atoms with van der Waals surface area (Å²) in [5, 5.41) is 0.847. The van der Waals surface area contributed by atoms with Gasteiger partial charge >= 0.3 is 0 Å². The molecule has 2 nitrogen and oxygen atoms in total. The van der Waals surface area contributed by atoms with Crippen LogP contribution in [0.25, 0.3) is 10.9 Å². The molecule has 1 aromatic heterocycles. The summed E-state index contributed by atoms with van der Waals surface area (Å²) in [5.74, 6) is 0. The molecule has 0 bridgehead atoms. The number of aromatic nitrogens is 1. The van der Waals surface area contributed by atoms with Gasteiger partial charge in [0.25, 0.3) is 0 Å². The summed E-state index contributed by atoms with van der Waals surface area (Å²) in [6.07, 6.45) is 1.82. The fraction of sp³-hybridized carbons (Fsp3) is 0.357. The predicted molar refractivity (Wildman–Crippen MR) is 67.9 cm³/mol. The molecule has 0 N–H and O–H groups in total. The molecule has 0 aliphatic heterocycles. The van der Waals surface area contributed by atoms with Gasteiger partial charge in [0.2, 0.25) is 0 Å². The Bertz CT molecular complexity index is 588. The van der Waals surface area contributed by atoms with Crippen LogP contribution in [-0.4, -0.2) is 4.57 Å².